The third-order valence-electron chi connectivity index (χ3n) is 5.85. The molecule has 122 valence electrons. The number of hydrogen-bond acceptors (Lipinski definition) is 0. The van der Waals surface area contributed by atoms with Crippen molar-refractivity contribution in [2.24, 2.45) is 17.3 Å². The normalized spacial score (nSPS) is 30.4. The topological polar surface area (TPSA) is 0 Å². The van der Waals surface area contributed by atoms with E-state index >= 15 is 0 Å². The summed E-state index contributed by atoms with van der Waals surface area (Å²) in [5.41, 5.74) is 0.478. The monoisotopic (exact) mass is 294 g/mol. The molecule has 21 heavy (non-hydrogen) atoms. The van der Waals surface area contributed by atoms with Crippen LogP contribution in [0.5, 0.6) is 0 Å². The van der Waals surface area contributed by atoms with E-state index < -0.39 is 0 Å². The Morgan fingerprint density at radius 3 is 2.48 bits per heavy atom. The van der Waals surface area contributed by atoms with Crippen molar-refractivity contribution in [3.63, 3.8) is 0 Å². The average Bonchev–Trinajstić information content (AvgIpc) is 3.05. The number of fused-ring (bicyclic) bond motifs is 2. The Labute approximate surface area is 131 Å². The van der Waals surface area contributed by atoms with Crippen LogP contribution in [0.15, 0.2) is 12.2 Å². The van der Waals surface area contributed by atoms with Crippen molar-refractivity contribution >= 4 is 0 Å². The van der Waals surface area contributed by atoms with Crippen LogP contribution in [0.25, 0.3) is 0 Å². The van der Waals surface area contributed by atoms with Gasteiger partial charge in [-0.15, -0.1) is 0 Å². The fraction of sp³-hybridized carbons (Fsp3) is 0.900. The first-order chi connectivity index (χ1) is 10.3. The van der Waals surface area contributed by atoms with E-state index in [1.54, 1.807) is 0 Å². The number of halogens is 1. The van der Waals surface area contributed by atoms with Crippen LogP contribution >= 0.6 is 0 Å². The van der Waals surface area contributed by atoms with Crippen LogP contribution in [0.4, 0.5) is 4.39 Å². The van der Waals surface area contributed by atoms with Crippen LogP contribution in [-0.4, -0.2) is 6.67 Å². The van der Waals surface area contributed by atoms with Gasteiger partial charge < -0.3 is 0 Å². The lowest BCUT2D eigenvalue weighted by atomic mass is 9.79. The molecule has 1 heteroatoms. The molecule has 2 aliphatic rings. The molecule has 1 fully saturated rings. The van der Waals surface area contributed by atoms with Crippen LogP contribution in [0.1, 0.15) is 90.4 Å². The number of allylic oxidation sites excluding steroid dienone is 2. The van der Waals surface area contributed by atoms with Gasteiger partial charge in [0.1, 0.15) is 0 Å². The van der Waals surface area contributed by atoms with Crippen molar-refractivity contribution < 1.29 is 4.39 Å². The highest BCUT2D eigenvalue weighted by molar-refractivity contribution is 5.17. The van der Waals surface area contributed by atoms with Crippen molar-refractivity contribution in [3.8, 4) is 0 Å². The summed E-state index contributed by atoms with van der Waals surface area (Å²) in [6, 6.07) is 0. The zero-order valence-electron chi connectivity index (χ0n) is 14.1. The number of rotatable bonds is 12. The first kappa shape index (κ1) is 17.0. The lowest BCUT2D eigenvalue weighted by Crippen LogP contribution is -2.14. The summed E-state index contributed by atoms with van der Waals surface area (Å²) in [6.07, 6.45) is 22.2. The summed E-state index contributed by atoms with van der Waals surface area (Å²) in [5, 5.41) is 0. The Balaban J connectivity index is 1.58. The Morgan fingerprint density at radius 1 is 0.952 bits per heavy atom. The summed E-state index contributed by atoms with van der Waals surface area (Å²) in [6.45, 7) is 2.15. The van der Waals surface area contributed by atoms with E-state index in [0.29, 0.717) is 5.41 Å². The molecule has 0 radical (unpaired) electrons. The molecule has 0 saturated heterocycles. The number of unbranched alkanes of at least 4 members (excludes halogenated alkanes) is 7. The van der Waals surface area contributed by atoms with Crippen LogP contribution < -0.4 is 0 Å². The predicted octanol–water partition coefficient (Wildman–Crippen LogP) is 6.85. The molecule has 1 saturated carbocycles. The summed E-state index contributed by atoms with van der Waals surface area (Å²) in [7, 11) is 0. The number of alkyl halides is 1. The summed E-state index contributed by atoms with van der Waals surface area (Å²) in [4.78, 5) is 0. The standard InChI is InChI=1S/C20H35F/c1-2-3-4-5-6-7-8-11-18-16-20(13-9-10-15-21)14-12-19(18)17-20/h12,14,18-19H,2-11,13,15-17H2,1H3. The molecule has 0 nitrogen and oxygen atoms in total. The van der Waals surface area contributed by atoms with Crippen molar-refractivity contribution in [1.29, 1.82) is 0 Å². The zero-order chi connectivity index (χ0) is 15.0. The minimum atomic E-state index is -0.134. The summed E-state index contributed by atoms with van der Waals surface area (Å²) < 4.78 is 12.3. The molecule has 0 N–H and O–H groups in total. The second-order valence-electron chi connectivity index (χ2n) is 7.61. The van der Waals surface area contributed by atoms with Gasteiger partial charge in [-0.25, -0.2) is 0 Å². The Hall–Kier alpha value is -0.330. The van der Waals surface area contributed by atoms with Gasteiger partial charge in [-0.2, -0.15) is 0 Å². The lowest BCUT2D eigenvalue weighted by molar-refractivity contribution is 0.312. The average molecular weight is 294 g/mol. The van der Waals surface area contributed by atoms with Crippen molar-refractivity contribution in [2.45, 2.75) is 90.4 Å². The van der Waals surface area contributed by atoms with E-state index in [0.717, 1.165) is 24.7 Å². The molecule has 0 aromatic carbocycles. The highest BCUT2D eigenvalue weighted by Crippen LogP contribution is 2.56. The van der Waals surface area contributed by atoms with Gasteiger partial charge in [0.25, 0.3) is 0 Å². The van der Waals surface area contributed by atoms with Crippen LogP contribution in [0, 0.1) is 17.3 Å². The van der Waals surface area contributed by atoms with E-state index in [1.807, 2.05) is 0 Å². The van der Waals surface area contributed by atoms with Crippen LogP contribution in [0.3, 0.4) is 0 Å². The molecule has 0 aromatic rings. The molecular formula is C20H35F. The van der Waals surface area contributed by atoms with E-state index in [9.17, 15) is 4.39 Å². The predicted molar refractivity (Wildman–Crippen MR) is 90.2 cm³/mol. The van der Waals surface area contributed by atoms with Gasteiger partial charge in [0.15, 0.2) is 0 Å². The SMILES string of the molecule is CCCCCCCCCC1CC2(CCCCF)C=CC1C2. The van der Waals surface area contributed by atoms with E-state index in [-0.39, 0.29) is 6.67 Å². The summed E-state index contributed by atoms with van der Waals surface area (Å²) >= 11 is 0. The Kier molecular flexibility index (Phi) is 7.26. The molecule has 0 heterocycles. The second-order valence-corrected chi connectivity index (χ2v) is 7.61. The Bertz CT molecular complexity index is 309. The van der Waals surface area contributed by atoms with Crippen LogP contribution in [-0.2, 0) is 0 Å². The molecule has 2 aliphatic carbocycles. The van der Waals surface area contributed by atoms with Gasteiger partial charge in [0.2, 0.25) is 0 Å². The summed E-state index contributed by atoms with van der Waals surface area (Å²) in [5.74, 6) is 1.80. The van der Waals surface area contributed by atoms with Crippen LogP contribution in [0.2, 0.25) is 0 Å². The van der Waals surface area contributed by atoms with Gasteiger partial charge in [-0.05, 0) is 55.8 Å². The maximum absolute atomic E-state index is 12.3. The van der Waals surface area contributed by atoms with Crippen molar-refractivity contribution in [3.05, 3.63) is 12.2 Å². The fourth-order valence-corrected chi connectivity index (χ4v) is 4.62. The molecule has 3 unspecified atom stereocenters. The maximum Gasteiger partial charge on any atom is 0.0894 e. The lowest BCUT2D eigenvalue weighted by Gasteiger charge is -2.26. The highest BCUT2D eigenvalue weighted by Gasteiger charge is 2.45. The van der Waals surface area contributed by atoms with Gasteiger partial charge in [0, 0.05) is 0 Å². The van der Waals surface area contributed by atoms with E-state index in [2.05, 4.69) is 19.1 Å². The molecule has 0 spiro atoms. The fourth-order valence-electron chi connectivity index (χ4n) is 4.62. The molecule has 0 aromatic heterocycles. The third-order valence-corrected chi connectivity index (χ3v) is 5.85. The van der Waals surface area contributed by atoms with E-state index in [4.69, 9.17) is 0 Å². The molecule has 2 rings (SSSR count). The smallest absolute Gasteiger partial charge is 0.0894 e. The van der Waals surface area contributed by atoms with Crippen molar-refractivity contribution in [2.75, 3.05) is 6.67 Å². The molecule has 2 bridgehead atoms. The molecular weight excluding hydrogens is 259 g/mol. The Morgan fingerprint density at radius 2 is 1.71 bits per heavy atom. The third kappa shape index (κ3) is 5.11. The van der Waals surface area contributed by atoms with E-state index in [1.165, 1.54) is 70.6 Å². The largest absolute Gasteiger partial charge is 0.251 e. The van der Waals surface area contributed by atoms with Gasteiger partial charge in [0.05, 0.1) is 6.67 Å². The van der Waals surface area contributed by atoms with Gasteiger partial charge in [-0.3, -0.25) is 4.39 Å². The molecule has 3 atom stereocenters. The molecule has 0 aliphatic heterocycles. The van der Waals surface area contributed by atoms with Crippen molar-refractivity contribution in [1.82, 2.24) is 0 Å². The van der Waals surface area contributed by atoms with Gasteiger partial charge in [-0.1, -0.05) is 64.0 Å². The quantitative estimate of drug-likeness (QED) is 0.273. The second kappa shape index (κ2) is 8.96. The van der Waals surface area contributed by atoms with Gasteiger partial charge >= 0.3 is 0 Å². The first-order valence-corrected chi connectivity index (χ1v) is 9.55. The number of hydrogen-bond donors (Lipinski definition) is 0. The molecule has 0 amide bonds. The first-order valence-electron chi connectivity index (χ1n) is 9.55. The minimum Gasteiger partial charge on any atom is -0.251 e. The zero-order valence-corrected chi connectivity index (χ0v) is 14.1. The minimum absolute atomic E-state index is 0.134. The maximum atomic E-state index is 12.3. The highest BCUT2D eigenvalue weighted by atomic mass is 19.1.